The Morgan fingerprint density at radius 2 is 0.575 bits per heavy atom. The summed E-state index contributed by atoms with van der Waals surface area (Å²) in [6, 6.07) is 92.7. The Morgan fingerprint density at radius 1 is 0.219 bits per heavy atom. The summed E-state index contributed by atoms with van der Waals surface area (Å²) in [6.45, 7) is 9.47. The molecule has 0 spiro atoms. The van der Waals surface area contributed by atoms with Crippen molar-refractivity contribution in [3.05, 3.63) is 271 Å². The summed E-state index contributed by atoms with van der Waals surface area (Å²) in [5, 5.41) is 7.84. The average Bonchev–Trinajstić information content (AvgIpc) is 3.82. The lowest BCUT2D eigenvalue weighted by Gasteiger charge is -2.28. The van der Waals surface area contributed by atoms with E-state index in [1.807, 2.05) is 0 Å². The van der Waals surface area contributed by atoms with Gasteiger partial charge >= 0.3 is 0 Å². The van der Waals surface area contributed by atoms with Crippen LogP contribution < -0.4 is 4.90 Å². The van der Waals surface area contributed by atoms with Crippen LogP contribution in [0.4, 0.5) is 17.1 Å². The maximum Gasteiger partial charge on any atom is 0.0465 e. The van der Waals surface area contributed by atoms with Gasteiger partial charge in [0, 0.05) is 27.9 Å². The van der Waals surface area contributed by atoms with Crippen LogP contribution in [0.5, 0.6) is 0 Å². The second kappa shape index (κ2) is 16.4. The minimum Gasteiger partial charge on any atom is -0.310 e. The Morgan fingerprint density at radius 3 is 1.12 bits per heavy atom. The van der Waals surface area contributed by atoms with Gasteiger partial charge in [-0.25, -0.2) is 0 Å². The molecule has 1 nitrogen and oxygen atoms in total. The van der Waals surface area contributed by atoms with E-state index in [4.69, 9.17) is 0 Å². The molecule has 0 fully saturated rings. The SMILES string of the molecule is CC1(C)c2ccccc2-c2ccc(N(c3ccc(-c4ccc(-c5ccccc5)cc4)cc3)c3ccc(-c4ccc(-c5ccc6c(c5)c5ccccc5c5cc7c(cc65)C(C)(C)c5ccccc5-7)cc4)cc3)cc21. The molecule has 0 atom stereocenters. The van der Waals surface area contributed by atoms with E-state index in [2.05, 4.69) is 281 Å². The van der Waals surface area contributed by atoms with Crippen molar-refractivity contribution in [2.45, 2.75) is 38.5 Å². The molecule has 0 radical (unpaired) electrons. The number of hydrogen-bond acceptors (Lipinski definition) is 1. The molecule has 0 aromatic heterocycles. The van der Waals surface area contributed by atoms with E-state index in [1.54, 1.807) is 0 Å². The van der Waals surface area contributed by atoms with Gasteiger partial charge in [-0.05, 0) is 176 Å². The van der Waals surface area contributed by atoms with E-state index < -0.39 is 0 Å². The Kier molecular flexibility index (Phi) is 9.66. The van der Waals surface area contributed by atoms with Crippen LogP contribution in [0.15, 0.2) is 249 Å². The molecule has 0 unspecified atom stereocenters. The number of benzene rings is 12. The molecule has 12 aromatic rings. The van der Waals surface area contributed by atoms with Crippen LogP contribution in [0.2, 0.25) is 0 Å². The summed E-state index contributed by atoms with van der Waals surface area (Å²) < 4.78 is 0. The normalized spacial score (nSPS) is 13.7. The third-order valence-electron chi connectivity index (χ3n) is 16.5. The molecule has 73 heavy (non-hydrogen) atoms. The highest BCUT2D eigenvalue weighted by Crippen LogP contribution is 2.53. The highest BCUT2D eigenvalue weighted by Gasteiger charge is 2.37. The zero-order chi connectivity index (χ0) is 49.0. The second-order valence-electron chi connectivity index (χ2n) is 21.3. The van der Waals surface area contributed by atoms with Crippen molar-refractivity contribution in [1.82, 2.24) is 0 Å². The summed E-state index contributed by atoms with van der Waals surface area (Å²) in [5.41, 5.74) is 23.8. The molecule has 2 aliphatic carbocycles. The molecule has 2 aliphatic rings. The first-order chi connectivity index (χ1) is 35.7. The van der Waals surface area contributed by atoms with E-state index >= 15 is 0 Å². The van der Waals surface area contributed by atoms with Crippen molar-refractivity contribution in [2.24, 2.45) is 0 Å². The number of anilines is 3. The van der Waals surface area contributed by atoms with Crippen molar-refractivity contribution < 1.29 is 0 Å². The Hall–Kier alpha value is -8.78. The van der Waals surface area contributed by atoms with Crippen LogP contribution in [0.3, 0.4) is 0 Å². The van der Waals surface area contributed by atoms with Crippen molar-refractivity contribution in [3.63, 3.8) is 0 Å². The molecule has 12 aromatic carbocycles. The standard InChI is InChI=1S/C72H53N/c1-71(2)67-20-12-10-18-60(67)62-41-39-56(43-69(62)71)73(54-35-30-50(31-36-54)48-24-22-47(23-25-48)46-14-6-5-7-15-46)55-37-32-51(33-38-55)49-26-28-52(29-27-49)53-34-40-59-63(42-53)57-16-8-9-17-58(57)64-44-66-61-19-11-13-21-68(61)72(3,4)70(66)45-65(59)64/h5-45H,1-4H3. The molecule has 0 saturated carbocycles. The van der Waals surface area contributed by atoms with Crippen LogP contribution in [0.1, 0.15) is 49.9 Å². The molecule has 0 heterocycles. The van der Waals surface area contributed by atoms with Gasteiger partial charge in [-0.1, -0.05) is 222 Å². The zero-order valence-electron chi connectivity index (χ0n) is 41.6. The van der Waals surface area contributed by atoms with Crippen LogP contribution >= 0.6 is 0 Å². The molecule has 0 amide bonds. The minimum atomic E-state index is -0.111. The Bertz CT molecular complexity index is 4140. The van der Waals surface area contributed by atoms with Gasteiger partial charge < -0.3 is 4.90 Å². The quantitative estimate of drug-likeness (QED) is 0.144. The van der Waals surface area contributed by atoms with Crippen molar-refractivity contribution in [3.8, 4) is 66.8 Å². The Labute approximate surface area is 428 Å². The molecule has 0 saturated heterocycles. The highest BCUT2D eigenvalue weighted by molar-refractivity contribution is 6.26. The summed E-state index contributed by atoms with van der Waals surface area (Å²) >= 11 is 0. The summed E-state index contributed by atoms with van der Waals surface area (Å²) in [5.74, 6) is 0. The molecule has 14 rings (SSSR count). The predicted molar refractivity (Wildman–Crippen MR) is 311 cm³/mol. The average molecular weight is 932 g/mol. The van der Waals surface area contributed by atoms with Gasteiger partial charge in [0.2, 0.25) is 0 Å². The first-order valence-electron chi connectivity index (χ1n) is 25.7. The topological polar surface area (TPSA) is 3.24 Å². The molecule has 346 valence electrons. The zero-order valence-corrected chi connectivity index (χ0v) is 41.6. The third-order valence-corrected chi connectivity index (χ3v) is 16.5. The first-order valence-corrected chi connectivity index (χ1v) is 25.7. The fourth-order valence-corrected chi connectivity index (χ4v) is 12.6. The summed E-state index contributed by atoms with van der Waals surface area (Å²) in [6.07, 6.45) is 0. The number of fused-ring (bicyclic) bond motifs is 12. The molecule has 1 heteroatoms. The van der Waals surface area contributed by atoms with Gasteiger partial charge in [-0.3, -0.25) is 0 Å². The lowest BCUT2D eigenvalue weighted by Crippen LogP contribution is -2.16. The second-order valence-corrected chi connectivity index (χ2v) is 21.3. The number of nitrogens with zero attached hydrogens (tertiary/aromatic N) is 1. The maximum atomic E-state index is 2.49. The largest absolute Gasteiger partial charge is 0.310 e. The van der Waals surface area contributed by atoms with Crippen molar-refractivity contribution >= 4 is 49.4 Å². The summed E-state index contributed by atoms with van der Waals surface area (Å²) in [4.78, 5) is 2.41. The number of rotatable bonds is 7. The Balaban J connectivity index is 0.796. The fourth-order valence-electron chi connectivity index (χ4n) is 12.6. The molecule has 0 bridgehead atoms. The predicted octanol–water partition coefficient (Wildman–Crippen LogP) is 19.9. The van der Waals surface area contributed by atoms with Crippen molar-refractivity contribution in [2.75, 3.05) is 4.90 Å². The highest BCUT2D eigenvalue weighted by atomic mass is 15.1. The van der Waals surface area contributed by atoms with E-state index in [0.29, 0.717) is 0 Å². The van der Waals surface area contributed by atoms with Gasteiger partial charge in [0.05, 0.1) is 0 Å². The van der Waals surface area contributed by atoms with Crippen LogP contribution in [-0.2, 0) is 10.8 Å². The van der Waals surface area contributed by atoms with Crippen molar-refractivity contribution in [1.29, 1.82) is 0 Å². The van der Waals surface area contributed by atoms with E-state index in [1.165, 1.54) is 121 Å². The van der Waals surface area contributed by atoms with Gasteiger partial charge in [-0.2, -0.15) is 0 Å². The molecule has 0 aliphatic heterocycles. The first kappa shape index (κ1) is 43.0. The van der Waals surface area contributed by atoms with Gasteiger partial charge in [0.1, 0.15) is 0 Å². The van der Waals surface area contributed by atoms with E-state index in [9.17, 15) is 0 Å². The monoisotopic (exact) mass is 931 g/mol. The van der Waals surface area contributed by atoms with Gasteiger partial charge in [0.15, 0.2) is 0 Å². The van der Waals surface area contributed by atoms with Gasteiger partial charge in [0.25, 0.3) is 0 Å². The molecular weight excluding hydrogens is 879 g/mol. The molecule has 0 N–H and O–H groups in total. The van der Waals surface area contributed by atoms with E-state index in [0.717, 1.165) is 17.1 Å². The lowest BCUT2D eigenvalue weighted by molar-refractivity contribution is 0.660. The van der Waals surface area contributed by atoms with Crippen LogP contribution in [0, 0.1) is 0 Å². The summed E-state index contributed by atoms with van der Waals surface area (Å²) in [7, 11) is 0. The maximum absolute atomic E-state index is 2.49. The molecular formula is C72H53N. The number of hydrogen-bond donors (Lipinski definition) is 0. The minimum absolute atomic E-state index is 0.0588. The smallest absolute Gasteiger partial charge is 0.0465 e. The van der Waals surface area contributed by atoms with Gasteiger partial charge in [-0.15, -0.1) is 0 Å². The fraction of sp³-hybridized carbons (Fsp3) is 0.0833. The van der Waals surface area contributed by atoms with E-state index in [-0.39, 0.29) is 10.8 Å². The van der Waals surface area contributed by atoms with Crippen LogP contribution in [0.25, 0.3) is 99.1 Å². The van der Waals surface area contributed by atoms with Crippen LogP contribution in [-0.4, -0.2) is 0 Å². The third kappa shape index (κ3) is 6.83. The lowest BCUT2D eigenvalue weighted by atomic mass is 9.81.